The molecule has 0 saturated carbocycles. The maximum absolute atomic E-state index is 10.8. The van der Waals surface area contributed by atoms with Crippen LogP contribution in [-0.2, 0) is 14.3 Å². The number of hydrogen-bond donors (Lipinski definition) is 0. The van der Waals surface area contributed by atoms with E-state index in [1.165, 1.54) is 19.8 Å². The summed E-state index contributed by atoms with van der Waals surface area (Å²) in [6.07, 6.45) is 9.41. The van der Waals surface area contributed by atoms with Crippen molar-refractivity contribution < 1.29 is 14.3 Å². The first-order valence-corrected chi connectivity index (χ1v) is 5.71. The molecule has 1 saturated heterocycles. The van der Waals surface area contributed by atoms with Gasteiger partial charge in [0.15, 0.2) is 0 Å². The fourth-order valence-electron chi connectivity index (χ4n) is 2.36. The summed E-state index contributed by atoms with van der Waals surface area (Å²) >= 11 is 0. The van der Waals surface area contributed by atoms with E-state index in [2.05, 4.69) is 6.08 Å². The first-order valence-electron chi connectivity index (χ1n) is 5.71. The Bertz CT molecular complexity index is 264. The van der Waals surface area contributed by atoms with Crippen LogP contribution in [0.5, 0.6) is 0 Å². The highest BCUT2D eigenvalue weighted by Gasteiger charge is 2.34. The summed E-state index contributed by atoms with van der Waals surface area (Å²) in [6.45, 7) is 2.32. The SMILES string of the molecule is CC(=O)OC1C=CC2(CCCCO2)CC1. The van der Waals surface area contributed by atoms with Gasteiger partial charge in [-0.15, -0.1) is 0 Å². The van der Waals surface area contributed by atoms with Crippen LogP contribution in [0.25, 0.3) is 0 Å². The summed E-state index contributed by atoms with van der Waals surface area (Å²) in [5.41, 5.74) is -0.0467. The molecule has 1 spiro atoms. The zero-order chi connectivity index (χ0) is 10.7. The van der Waals surface area contributed by atoms with Crippen LogP contribution in [0, 0.1) is 0 Å². The zero-order valence-corrected chi connectivity index (χ0v) is 9.20. The lowest BCUT2D eigenvalue weighted by molar-refractivity contribution is -0.146. The van der Waals surface area contributed by atoms with Gasteiger partial charge in [-0.2, -0.15) is 0 Å². The minimum atomic E-state index is -0.204. The fraction of sp³-hybridized carbons (Fsp3) is 0.750. The van der Waals surface area contributed by atoms with E-state index in [1.54, 1.807) is 0 Å². The van der Waals surface area contributed by atoms with Crippen molar-refractivity contribution >= 4 is 5.97 Å². The molecule has 15 heavy (non-hydrogen) atoms. The predicted octanol–water partition coefficient (Wildman–Crippen LogP) is 2.21. The second kappa shape index (κ2) is 4.35. The van der Waals surface area contributed by atoms with Crippen LogP contribution in [0.4, 0.5) is 0 Å². The summed E-state index contributed by atoms with van der Waals surface area (Å²) < 4.78 is 11.0. The van der Waals surface area contributed by atoms with Gasteiger partial charge < -0.3 is 9.47 Å². The van der Waals surface area contributed by atoms with Gasteiger partial charge in [0.1, 0.15) is 6.10 Å². The van der Waals surface area contributed by atoms with Gasteiger partial charge in [-0.1, -0.05) is 6.08 Å². The van der Waals surface area contributed by atoms with Crippen LogP contribution >= 0.6 is 0 Å². The van der Waals surface area contributed by atoms with Crippen molar-refractivity contribution in [2.75, 3.05) is 6.61 Å². The minimum Gasteiger partial charge on any atom is -0.458 e. The van der Waals surface area contributed by atoms with Crippen LogP contribution < -0.4 is 0 Å². The van der Waals surface area contributed by atoms with E-state index < -0.39 is 0 Å². The van der Waals surface area contributed by atoms with E-state index in [-0.39, 0.29) is 17.7 Å². The van der Waals surface area contributed by atoms with Gasteiger partial charge in [-0.25, -0.2) is 0 Å². The third kappa shape index (κ3) is 2.59. The Morgan fingerprint density at radius 1 is 1.47 bits per heavy atom. The van der Waals surface area contributed by atoms with Crippen LogP contribution in [0.15, 0.2) is 12.2 Å². The standard InChI is InChI=1S/C12H18O3/c1-10(13)15-11-4-7-12(8-5-11)6-2-3-9-14-12/h4,7,11H,2-3,5-6,8-9H2,1H3. The number of hydrogen-bond acceptors (Lipinski definition) is 3. The molecule has 2 unspecified atom stereocenters. The lowest BCUT2D eigenvalue weighted by Crippen LogP contribution is -2.38. The number of esters is 1. The Kier molecular flexibility index (Phi) is 3.10. The van der Waals surface area contributed by atoms with Crippen LogP contribution in [0.2, 0.25) is 0 Å². The normalized spacial score (nSPS) is 35.4. The largest absolute Gasteiger partial charge is 0.458 e. The summed E-state index contributed by atoms with van der Waals surface area (Å²) in [5, 5.41) is 0. The molecule has 0 N–H and O–H groups in total. The van der Waals surface area contributed by atoms with E-state index in [4.69, 9.17) is 9.47 Å². The molecule has 84 valence electrons. The highest BCUT2D eigenvalue weighted by molar-refractivity contribution is 5.66. The van der Waals surface area contributed by atoms with E-state index in [1.807, 2.05) is 6.08 Å². The average Bonchev–Trinajstić information content (AvgIpc) is 2.23. The second-order valence-corrected chi connectivity index (χ2v) is 4.42. The molecule has 3 heteroatoms. The number of ether oxygens (including phenoxy) is 2. The topological polar surface area (TPSA) is 35.5 Å². The van der Waals surface area contributed by atoms with Gasteiger partial charge >= 0.3 is 5.97 Å². The van der Waals surface area contributed by atoms with Crippen LogP contribution in [0.3, 0.4) is 0 Å². The Morgan fingerprint density at radius 3 is 2.87 bits per heavy atom. The molecule has 0 aromatic rings. The number of carbonyl (C=O) groups is 1. The lowest BCUT2D eigenvalue weighted by Gasteiger charge is -2.38. The molecule has 2 aliphatic rings. The lowest BCUT2D eigenvalue weighted by atomic mass is 9.84. The summed E-state index contributed by atoms with van der Waals surface area (Å²) in [4.78, 5) is 10.8. The second-order valence-electron chi connectivity index (χ2n) is 4.42. The maximum Gasteiger partial charge on any atom is 0.303 e. The van der Waals surface area contributed by atoms with Crippen molar-refractivity contribution in [1.82, 2.24) is 0 Å². The minimum absolute atomic E-state index is 0.0429. The molecule has 0 aromatic carbocycles. The Morgan fingerprint density at radius 2 is 2.33 bits per heavy atom. The molecular formula is C12H18O3. The summed E-state index contributed by atoms with van der Waals surface area (Å²) in [6, 6.07) is 0. The summed E-state index contributed by atoms with van der Waals surface area (Å²) in [5.74, 6) is -0.204. The molecule has 0 aromatic heterocycles. The van der Waals surface area contributed by atoms with Gasteiger partial charge in [0.25, 0.3) is 0 Å². The van der Waals surface area contributed by atoms with Crippen molar-refractivity contribution in [1.29, 1.82) is 0 Å². The molecular weight excluding hydrogens is 192 g/mol. The summed E-state index contributed by atoms with van der Waals surface area (Å²) in [7, 11) is 0. The molecule has 3 nitrogen and oxygen atoms in total. The van der Waals surface area contributed by atoms with Crippen molar-refractivity contribution in [2.45, 2.75) is 50.7 Å². The number of rotatable bonds is 1. The molecule has 0 bridgehead atoms. The van der Waals surface area contributed by atoms with Gasteiger partial charge in [-0.3, -0.25) is 4.79 Å². The van der Waals surface area contributed by atoms with Crippen LogP contribution in [0.1, 0.15) is 39.0 Å². The third-order valence-electron chi connectivity index (χ3n) is 3.17. The molecule has 1 heterocycles. The van der Waals surface area contributed by atoms with Crippen molar-refractivity contribution in [3.63, 3.8) is 0 Å². The average molecular weight is 210 g/mol. The molecule has 1 fully saturated rings. The van der Waals surface area contributed by atoms with Crippen molar-refractivity contribution in [3.8, 4) is 0 Å². The van der Waals surface area contributed by atoms with Gasteiger partial charge in [0.2, 0.25) is 0 Å². The maximum atomic E-state index is 10.8. The monoisotopic (exact) mass is 210 g/mol. The zero-order valence-electron chi connectivity index (χ0n) is 9.20. The first-order chi connectivity index (χ1) is 7.20. The quantitative estimate of drug-likeness (QED) is 0.491. The number of carbonyl (C=O) groups excluding carboxylic acids is 1. The highest BCUT2D eigenvalue weighted by atomic mass is 16.5. The van der Waals surface area contributed by atoms with E-state index >= 15 is 0 Å². The van der Waals surface area contributed by atoms with Gasteiger partial charge in [0.05, 0.1) is 5.60 Å². The Labute approximate surface area is 90.4 Å². The van der Waals surface area contributed by atoms with E-state index in [0.717, 1.165) is 25.9 Å². The molecule has 1 aliphatic carbocycles. The fourth-order valence-corrected chi connectivity index (χ4v) is 2.36. The van der Waals surface area contributed by atoms with Crippen LogP contribution in [-0.4, -0.2) is 24.3 Å². The van der Waals surface area contributed by atoms with E-state index in [9.17, 15) is 4.79 Å². The molecule has 2 atom stereocenters. The van der Waals surface area contributed by atoms with Crippen molar-refractivity contribution in [3.05, 3.63) is 12.2 Å². The Hall–Kier alpha value is -0.830. The van der Waals surface area contributed by atoms with Gasteiger partial charge in [0, 0.05) is 13.5 Å². The Balaban J connectivity index is 1.95. The van der Waals surface area contributed by atoms with E-state index in [0.29, 0.717) is 0 Å². The third-order valence-corrected chi connectivity index (χ3v) is 3.17. The smallest absolute Gasteiger partial charge is 0.303 e. The molecule has 0 amide bonds. The first kappa shape index (κ1) is 10.7. The predicted molar refractivity (Wildman–Crippen MR) is 56.5 cm³/mol. The van der Waals surface area contributed by atoms with Gasteiger partial charge in [-0.05, 0) is 38.2 Å². The molecule has 0 radical (unpaired) electrons. The molecule has 1 aliphatic heterocycles. The van der Waals surface area contributed by atoms with Crippen molar-refractivity contribution in [2.24, 2.45) is 0 Å². The highest BCUT2D eigenvalue weighted by Crippen LogP contribution is 2.35. The molecule has 2 rings (SSSR count).